The fourth-order valence-corrected chi connectivity index (χ4v) is 5.03. The van der Waals surface area contributed by atoms with Crippen molar-refractivity contribution in [2.45, 2.75) is 37.5 Å². The van der Waals surface area contributed by atoms with Gasteiger partial charge in [-0.1, -0.05) is 12.8 Å². The number of hydrogen-bond donors (Lipinski definition) is 1. The standard InChI is InChI=1S/C20H29N3O4S/c1-15-17-14-16(28(25,26)23-11-6-4-5-7-12-23)8-9-18(17)27-19(15)20(24)21-10-13-22(2)3/h8-9,14H,4-7,10-13H2,1-3H3,(H,21,24). The Balaban J connectivity index is 1.87. The van der Waals surface area contributed by atoms with E-state index in [0.717, 1.165) is 32.2 Å². The minimum atomic E-state index is -3.54. The first-order valence-electron chi connectivity index (χ1n) is 9.77. The summed E-state index contributed by atoms with van der Waals surface area (Å²) in [5.74, 6) is -0.0504. The first-order valence-corrected chi connectivity index (χ1v) is 11.2. The maximum Gasteiger partial charge on any atom is 0.287 e. The molecule has 0 aliphatic carbocycles. The molecule has 1 amide bonds. The summed E-state index contributed by atoms with van der Waals surface area (Å²) in [6.45, 7) is 4.14. The second-order valence-electron chi connectivity index (χ2n) is 7.59. The van der Waals surface area contributed by atoms with Crippen LogP contribution in [0.4, 0.5) is 0 Å². The maximum absolute atomic E-state index is 13.1. The lowest BCUT2D eigenvalue weighted by Gasteiger charge is -2.19. The first-order chi connectivity index (χ1) is 13.3. The number of benzene rings is 1. The zero-order valence-electron chi connectivity index (χ0n) is 16.8. The number of hydrogen-bond acceptors (Lipinski definition) is 5. The van der Waals surface area contributed by atoms with E-state index in [9.17, 15) is 13.2 Å². The van der Waals surface area contributed by atoms with Gasteiger partial charge in [-0.3, -0.25) is 4.79 Å². The Bertz CT molecular complexity index is 942. The van der Waals surface area contributed by atoms with E-state index in [4.69, 9.17) is 4.42 Å². The van der Waals surface area contributed by atoms with Gasteiger partial charge in [-0.25, -0.2) is 8.42 Å². The van der Waals surface area contributed by atoms with Crippen LogP contribution in [0.1, 0.15) is 41.8 Å². The van der Waals surface area contributed by atoms with Crippen molar-refractivity contribution in [3.63, 3.8) is 0 Å². The summed E-state index contributed by atoms with van der Waals surface area (Å²) < 4.78 is 33.4. The van der Waals surface area contributed by atoms with Gasteiger partial charge in [0.05, 0.1) is 4.90 Å². The van der Waals surface area contributed by atoms with Crippen LogP contribution in [0.3, 0.4) is 0 Å². The Morgan fingerprint density at radius 3 is 2.50 bits per heavy atom. The highest BCUT2D eigenvalue weighted by molar-refractivity contribution is 7.89. The van der Waals surface area contributed by atoms with Gasteiger partial charge in [0.25, 0.3) is 5.91 Å². The van der Waals surface area contributed by atoms with Gasteiger partial charge in [-0.2, -0.15) is 4.31 Å². The summed E-state index contributed by atoms with van der Waals surface area (Å²) in [5, 5.41) is 3.50. The Labute approximate surface area is 166 Å². The van der Waals surface area contributed by atoms with E-state index in [2.05, 4.69) is 5.32 Å². The summed E-state index contributed by atoms with van der Waals surface area (Å²) in [6, 6.07) is 4.84. The van der Waals surface area contributed by atoms with Crippen molar-refractivity contribution in [1.82, 2.24) is 14.5 Å². The van der Waals surface area contributed by atoms with Crippen LogP contribution in [-0.2, 0) is 10.0 Å². The molecule has 154 valence electrons. The summed E-state index contributed by atoms with van der Waals surface area (Å²) >= 11 is 0. The molecule has 0 unspecified atom stereocenters. The number of sulfonamides is 1. The number of nitrogens with one attached hydrogen (secondary N) is 1. The molecule has 2 heterocycles. The summed E-state index contributed by atoms with van der Waals surface area (Å²) in [5.41, 5.74) is 1.18. The summed E-state index contributed by atoms with van der Waals surface area (Å²) in [7, 11) is 0.328. The number of carbonyl (C=O) groups excluding carboxylic acids is 1. The third kappa shape index (κ3) is 4.39. The minimum Gasteiger partial charge on any atom is -0.451 e. The lowest BCUT2D eigenvalue weighted by molar-refractivity contribution is 0.0924. The molecule has 0 bridgehead atoms. The third-order valence-corrected chi connectivity index (χ3v) is 7.06. The van der Waals surface area contributed by atoms with Gasteiger partial charge in [-0.15, -0.1) is 0 Å². The van der Waals surface area contributed by atoms with Crippen LogP contribution in [0.15, 0.2) is 27.5 Å². The highest BCUT2D eigenvalue weighted by atomic mass is 32.2. The molecule has 1 N–H and O–H groups in total. The molecular formula is C20H29N3O4S. The van der Waals surface area contributed by atoms with Gasteiger partial charge in [0.2, 0.25) is 10.0 Å². The Morgan fingerprint density at radius 2 is 1.86 bits per heavy atom. The van der Waals surface area contributed by atoms with Crippen LogP contribution in [0.2, 0.25) is 0 Å². The number of fused-ring (bicyclic) bond motifs is 1. The van der Waals surface area contributed by atoms with E-state index in [1.54, 1.807) is 29.4 Å². The van der Waals surface area contributed by atoms with Crippen molar-refractivity contribution in [3.8, 4) is 0 Å². The summed E-state index contributed by atoms with van der Waals surface area (Å²) in [6.07, 6.45) is 3.92. The normalized spacial score (nSPS) is 16.4. The predicted molar refractivity (Wildman–Crippen MR) is 109 cm³/mol. The number of nitrogens with zero attached hydrogens (tertiary/aromatic N) is 2. The Kier molecular flexibility index (Phi) is 6.42. The monoisotopic (exact) mass is 407 g/mol. The lowest BCUT2D eigenvalue weighted by atomic mass is 10.1. The van der Waals surface area contributed by atoms with E-state index in [-0.39, 0.29) is 16.6 Å². The molecule has 1 aromatic carbocycles. The molecule has 0 radical (unpaired) electrons. The number of amides is 1. The molecule has 0 atom stereocenters. The van der Waals surface area contributed by atoms with E-state index in [1.807, 2.05) is 19.0 Å². The predicted octanol–water partition coefficient (Wildman–Crippen LogP) is 2.60. The van der Waals surface area contributed by atoms with Gasteiger partial charge in [0, 0.05) is 37.1 Å². The van der Waals surface area contributed by atoms with E-state index >= 15 is 0 Å². The van der Waals surface area contributed by atoms with Gasteiger partial charge in [0.1, 0.15) is 5.58 Å². The number of rotatable bonds is 6. The van der Waals surface area contributed by atoms with Gasteiger partial charge >= 0.3 is 0 Å². The van der Waals surface area contributed by atoms with Crippen molar-refractivity contribution >= 4 is 26.9 Å². The van der Waals surface area contributed by atoms with Crippen molar-refractivity contribution < 1.29 is 17.6 Å². The third-order valence-electron chi connectivity index (χ3n) is 5.16. The molecule has 3 rings (SSSR count). The molecule has 8 heteroatoms. The lowest BCUT2D eigenvalue weighted by Crippen LogP contribution is -2.31. The molecular weight excluding hydrogens is 378 g/mol. The molecule has 1 aliphatic rings. The zero-order chi connectivity index (χ0) is 20.3. The SMILES string of the molecule is Cc1c(C(=O)NCCN(C)C)oc2ccc(S(=O)(=O)N3CCCCCC3)cc12. The smallest absolute Gasteiger partial charge is 0.287 e. The molecule has 0 spiro atoms. The zero-order valence-corrected chi connectivity index (χ0v) is 17.6. The molecule has 2 aromatic rings. The maximum atomic E-state index is 13.1. The number of carbonyl (C=O) groups is 1. The highest BCUT2D eigenvalue weighted by Gasteiger charge is 2.26. The quantitative estimate of drug-likeness (QED) is 0.796. The second kappa shape index (κ2) is 8.63. The first kappa shape index (κ1) is 20.8. The highest BCUT2D eigenvalue weighted by Crippen LogP contribution is 2.29. The molecule has 1 fully saturated rings. The number of aryl methyl sites for hydroxylation is 1. The van der Waals surface area contributed by atoms with Crippen LogP contribution in [0.5, 0.6) is 0 Å². The van der Waals surface area contributed by atoms with Crippen molar-refractivity contribution in [1.29, 1.82) is 0 Å². The van der Waals surface area contributed by atoms with Crippen LogP contribution < -0.4 is 5.32 Å². The van der Waals surface area contributed by atoms with Crippen molar-refractivity contribution in [2.24, 2.45) is 0 Å². The summed E-state index contributed by atoms with van der Waals surface area (Å²) in [4.78, 5) is 14.7. The molecule has 1 saturated heterocycles. The number of furan rings is 1. The fourth-order valence-electron chi connectivity index (χ4n) is 3.48. The largest absolute Gasteiger partial charge is 0.451 e. The topological polar surface area (TPSA) is 82.9 Å². The molecule has 7 nitrogen and oxygen atoms in total. The fraction of sp³-hybridized carbons (Fsp3) is 0.550. The van der Waals surface area contributed by atoms with Crippen LogP contribution >= 0.6 is 0 Å². The molecule has 1 aromatic heterocycles. The van der Waals surface area contributed by atoms with Crippen molar-refractivity contribution in [3.05, 3.63) is 29.5 Å². The van der Waals surface area contributed by atoms with E-state index in [1.165, 1.54) is 0 Å². The molecule has 1 aliphatic heterocycles. The van der Waals surface area contributed by atoms with Gasteiger partial charge in [0.15, 0.2) is 5.76 Å². The number of likely N-dealkylation sites (N-methyl/N-ethyl adjacent to an activating group) is 1. The minimum absolute atomic E-state index is 0.234. The van der Waals surface area contributed by atoms with Gasteiger partial charge < -0.3 is 14.6 Å². The molecule has 0 saturated carbocycles. The van der Waals surface area contributed by atoms with Crippen LogP contribution in [-0.4, -0.2) is 63.8 Å². The molecule has 28 heavy (non-hydrogen) atoms. The second-order valence-corrected chi connectivity index (χ2v) is 9.53. The average Bonchev–Trinajstić information content (AvgIpc) is 2.83. The van der Waals surface area contributed by atoms with Crippen LogP contribution in [0, 0.1) is 6.92 Å². The van der Waals surface area contributed by atoms with Crippen molar-refractivity contribution in [2.75, 3.05) is 40.3 Å². The van der Waals surface area contributed by atoms with E-state index in [0.29, 0.717) is 36.2 Å². The van der Waals surface area contributed by atoms with Crippen LogP contribution in [0.25, 0.3) is 11.0 Å². The average molecular weight is 408 g/mol. The Hall–Kier alpha value is -1.90. The van der Waals surface area contributed by atoms with Gasteiger partial charge in [-0.05, 0) is 52.1 Å². The van der Waals surface area contributed by atoms with E-state index < -0.39 is 10.0 Å². The Morgan fingerprint density at radius 1 is 1.18 bits per heavy atom.